The Morgan fingerprint density at radius 2 is 2.00 bits per heavy atom. The van der Waals surface area contributed by atoms with E-state index in [1.54, 1.807) is 23.6 Å². The summed E-state index contributed by atoms with van der Waals surface area (Å²) in [7, 11) is 0. The molecule has 1 aromatic carbocycles. The average Bonchev–Trinajstić information content (AvgIpc) is 3.21. The van der Waals surface area contributed by atoms with Gasteiger partial charge in [0.05, 0.1) is 4.88 Å². The quantitative estimate of drug-likeness (QED) is 0.638. The van der Waals surface area contributed by atoms with Crippen LogP contribution in [0, 0.1) is 0 Å². The molecule has 0 aliphatic carbocycles. The summed E-state index contributed by atoms with van der Waals surface area (Å²) in [5, 5.41) is 6.49. The van der Waals surface area contributed by atoms with E-state index in [1.165, 1.54) is 11.3 Å². The molecule has 0 spiro atoms. The minimum absolute atomic E-state index is 0.0309. The van der Waals surface area contributed by atoms with Gasteiger partial charge in [0.25, 0.3) is 11.8 Å². The van der Waals surface area contributed by atoms with Crippen molar-refractivity contribution in [2.24, 2.45) is 10.8 Å². The maximum Gasteiger partial charge on any atom is 0.281 e. The number of nitrogens with zero attached hydrogens (tertiary/aromatic N) is 2. The van der Waals surface area contributed by atoms with Crippen LogP contribution in [0.1, 0.15) is 33.9 Å². The molecule has 0 radical (unpaired) electrons. The Hall–Kier alpha value is -3.13. The molecule has 0 saturated carbocycles. The van der Waals surface area contributed by atoms with E-state index in [9.17, 15) is 9.59 Å². The lowest BCUT2D eigenvalue weighted by Gasteiger charge is -2.21. The van der Waals surface area contributed by atoms with Gasteiger partial charge < -0.3 is 15.1 Å². The van der Waals surface area contributed by atoms with Gasteiger partial charge in [0, 0.05) is 30.2 Å². The second kappa shape index (κ2) is 8.05. The molecule has 0 bridgehead atoms. The first-order valence-corrected chi connectivity index (χ1v) is 9.41. The molecule has 140 valence electrons. The molecule has 0 aliphatic rings. The third-order valence-electron chi connectivity index (χ3n) is 4.13. The van der Waals surface area contributed by atoms with Crippen molar-refractivity contribution in [3.63, 3.8) is 0 Å². The van der Waals surface area contributed by atoms with Gasteiger partial charge in [0.2, 0.25) is 5.55 Å². The molecular formula is C19H20N4O3S. The summed E-state index contributed by atoms with van der Waals surface area (Å²) in [5.74, 6) is -1.06. The number of fused-ring (bicyclic) bond motifs is 1. The van der Waals surface area contributed by atoms with E-state index in [0.29, 0.717) is 10.5 Å². The Morgan fingerprint density at radius 1 is 1.22 bits per heavy atom. The zero-order valence-corrected chi connectivity index (χ0v) is 15.9. The van der Waals surface area contributed by atoms with Crippen molar-refractivity contribution in [1.82, 2.24) is 5.43 Å². The molecule has 2 heterocycles. The summed E-state index contributed by atoms with van der Waals surface area (Å²) in [6.45, 7) is 5.86. The van der Waals surface area contributed by atoms with Crippen molar-refractivity contribution < 1.29 is 14.0 Å². The molecule has 0 unspecified atom stereocenters. The number of hydrogen-bond acceptors (Lipinski definition) is 6. The van der Waals surface area contributed by atoms with Crippen LogP contribution in [0.25, 0.3) is 11.0 Å². The summed E-state index contributed by atoms with van der Waals surface area (Å²) in [6.07, 6.45) is 0. The van der Waals surface area contributed by atoms with Crippen LogP contribution < -0.4 is 21.6 Å². The molecule has 3 aromatic rings. The SMILES string of the molecule is CCN(CC)c1ccc2cc(C(N)=O)/c(=N/NC(=O)c3cccs3)oc2c1. The van der Waals surface area contributed by atoms with Gasteiger partial charge >= 0.3 is 0 Å². The van der Waals surface area contributed by atoms with Crippen LogP contribution in [0.5, 0.6) is 0 Å². The van der Waals surface area contributed by atoms with Crippen molar-refractivity contribution in [3.05, 3.63) is 57.8 Å². The fourth-order valence-corrected chi connectivity index (χ4v) is 3.33. The molecule has 27 heavy (non-hydrogen) atoms. The molecule has 7 nitrogen and oxygen atoms in total. The number of benzene rings is 1. The largest absolute Gasteiger partial charge is 0.436 e. The van der Waals surface area contributed by atoms with Crippen LogP contribution in [-0.4, -0.2) is 24.9 Å². The lowest BCUT2D eigenvalue weighted by molar-refractivity contribution is 0.0950. The molecule has 0 atom stereocenters. The average molecular weight is 384 g/mol. The first-order valence-electron chi connectivity index (χ1n) is 8.53. The number of amides is 2. The van der Waals surface area contributed by atoms with Crippen molar-refractivity contribution in [2.75, 3.05) is 18.0 Å². The number of carbonyl (C=O) groups is 2. The molecule has 2 amide bonds. The Morgan fingerprint density at radius 3 is 2.63 bits per heavy atom. The second-order valence-electron chi connectivity index (χ2n) is 5.75. The van der Waals surface area contributed by atoms with E-state index < -0.39 is 5.91 Å². The Bertz CT molecular complexity index is 1040. The lowest BCUT2D eigenvalue weighted by Crippen LogP contribution is -2.26. The van der Waals surface area contributed by atoms with Crippen molar-refractivity contribution in [3.8, 4) is 0 Å². The van der Waals surface area contributed by atoms with Crippen LogP contribution >= 0.6 is 11.3 Å². The molecule has 3 rings (SSSR count). The first-order chi connectivity index (χ1) is 13.0. The van der Waals surface area contributed by atoms with Crippen LogP contribution in [-0.2, 0) is 0 Å². The number of primary amides is 1. The highest BCUT2D eigenvalue weighted by atomic mass is 32.1. The zero-order chi connectivity index (χ0) is 19.4. The van der Waals surface area contributed by atoms with Crippen LogP contribution in [0.4, 0.5) is 5.69 Å². The fourth-order valence-electron chi connectivity index (χ4n) is 2.72. The van der Waals surface area contributed by atoms with E-state index >= 15 is 0 Å². The maximum absolute atomic E-state index is 12.1. The minimum atomic E-state index is -0.683. The highest BCUT2D eigenvalue weighted by Gasteiger charge is 2.12. The molecular weight excluding hydrogens is 364 g/mol. The third kappa shape index (κ3) is 4.01. The number of anilines is 1. The molecule has 8 heteroatoms. The number of nitrogens with two attached hydrogens (primary N) is 1. The van der Waals surface area contributed by atoms with Crippen LogP contribution in [0.3, 0.4) is 0 Å². The summed E-state index contributed by atoms with van der Waals surface area (Å²) in [4.78, 5) is 26.6. The smallest absolute Gasteiger partial charge is 0.281 e. The van der Waals surface area contributed by atoms with Crippen molar-refractivity contribution >= 4 is 39.8 Å². The van der Waals surface area contributed by atoms with Gasteiger partial charge in [-0.3, -0.25) is 9.59 Å². The van der Waals surface area contributed by atoms with E-state index in [4.69, 9.17) is 10.2 Å². The second-order valence-corrected chi connectivity index (χ2v) is 6.70. The van der Waals surface area contributed by atoms with Gasteiger partial charge in [0.15, 0.2) is 0 Å². The van der Waals surface area contributed by atoms with E-state index in [1.807, 2.05) is 18.2 Å². The molecule has 0 aliphatic heterocycles. The number of thiophene rings is 1. The molecule has 3 N–H and O–H groups in total. The highest BCUT2D eigenvalue weighted by molar-refractivity contribution is 7.12. The predicted molar refractivity (Wildman–Crippen MR) is 106 cm³/mol. The minimum Gasteiger partial charge on any atom is -0.436 e. The zero-order valence-electron chi connectivity index (χ0n) is 15.1. The van der Waals surface area contributed by atoms with Crippen LogP contribution in [0.2, 0.25) is 0 Å². The monoisotopic (exact) mass is 384 g/mol. The third-order valence-corrected chi connectivity index (χ3v) is 5.00. The van der Waals surface area contributed by atoms with Crippen molar-refractivity contribution in [1.29, 1.82) is 0 Å². The maximum atomic E-state index is 12.1. The first kappa shape index (κ1) is 18.7. The topological polar surface area (TPSA) is 101 Å². The Kier molecular flexibility index (Phi) is 5.56. The van der Waals surface area contributed by atoms with E-state index in [0.717, 1.165) is 24.2 Å². The van der Waals surface area contributed by atoms with Crippen LogP contribution in [0.15, 0.2) is 51.3 Å². The number of nitrogens with one attached hydrogen (secondary N) is 1. The van der Waals surface area contributed by atoms with Crippen molar-refractivity contribution in [2.45, 2.75) is 13.8 Å². The standard InChI is InChI=1S/C19H20N4O3S/c1-3-23(4-2)13-8-7-12-10-14(17(20)24)19(26-15(12)11-13)22-21-18(25)16-6-5-9-27-16/h5-11H,3-4H2,1-2H3,(H2,20,24)(H,21,25)/b22-19-. The van der Waals surface area contributed by atoms with Gasteiger partial charge in [-0.15, -0.1) is 16.4 Å². The van der Waals surface area contributed by atoms with Gasteiger partial charge in [-0.1, -0.05) is 6.07 Å². The van der Waals surface area contributed by atoms with E-state index in [2.05, 4.69) is 29.3 Å². The molecule has 2 aromatic heterocycles. The summed E-state index contributed by atoms with van der Waals surface area (Å²) in [5.41, 5.74) is 9.47. The molecule has 0 saturated heterocycles. The number of hydrogen-bond donors (Lipinski definition) is 2. The summed E-state index contributed by atoms with van der Waals surface area (Å²) >= 11 is 1.29. The highest BCUT2D eigenvalue weighted by Crippen LogP contribution is 2.22. The lowest BCUT2D eigenvalue weighted by atomic mass is 10.1. The van der Waals surface area contributed by atoms with E-state index in [-0.39, 0.29) is 17.0 Å². The van der Waals surface area contributed by atoms with Gasteiger partial charge in [-0.25, -0.2) is 5.43 Å². The molecule has 0 fully saturated rings. The predicted octanol–water partition coefficient (Wildman–Crippen LogP) is 2.69. The number of carbonyl (C=O) groups excluding carboxylic acids is 2. The van der Waals surface area contributed by atoms with Gasteiger partial charge in [-0.05, 0) is 43.5 Å². The normalized spacial score (nSPS) is 11.6. The Labute approximate surface area is 160 Å². The fraction of sp³-hybridized carbons (Fsp3) is 0.211. The summed E-state index contributed by atoms with van der Waals surface area (Å²) in [6, 6.07) is 10.8. The van der Waals surface area contributed by atoms with Gasteiger partial charge in [0.1, 0.15) is 11.1 Å². The summed E-state index contributed by atoms with van der Waals surface area (Å²) < 4.78 is 5.80. The number of rotatable bonds is 6. The Balaban J connectivity index is 2.05. The van der Waals surface area contributed by atoms with Gasteiger partial charge in [-0.2, -0.15) is 0 Å².